The van der Waals surface area contributed by atoms with E-state index in [1.165, 1.54) is 11.1 Å². The number of benzene rings is 2. The summed E-state index contributed by atoms with van der Waals surface area (Å²) in [5, 5.41) is 3.96. The Kier molecular flexibility index (Phi) is 5.23. The smallest absolute Gasteiger partial charge is 0.306 e. The van der Waals surface area contributed by atoms with Crippen molar-refractivity contribution in [1.82, 2.24) is 10.1 Å². The number of carbonyl (C=O) groups excluding carboxylic acids is 1. The van der Waals surface area contributed by atoms with Crippen molar-refractivity contribution in [3.63, 3.8) is 0 Å². The van der Waals surface area contributed by atoms with Crippen LogP contribution in [-0.4, -0.2) is 16.1 Å². The van der Waals surface area contributed by atoms with Crippen molar-refractivity contribution >= 4 is 5.97 Å². The molecule has 0 saturated carbocycles. The molecule has 0 radical (unpaired) electrons. The number of nitrogens with zero attached hydrogens (tertiary/aromatic N) is 2. The number of esters is 1. The molecule has 0 atom stereocenters. The van der Waals surface area contributed by atoms with Gasteiger partial charge in [-0.15, -0.1) is 0 Å². The van der Waals surface area contributed by atoms with E-state index in [9.17, 15) is 4.79 Å². The Labute approximate surface area is 146 Å². The molecule has 0 aliphatic carbocycles. The second-order valence-electron chi connectivity index (χ2n) is 6.02. The minimum atomic E-state index is -0.282. The van der Waals surface area contributed by atoms with E-state index in [1.807, 2.05) is 62.4 Å². The lowest BCUT2D eigenvalue weighted by Gasteiger charge is -2.04. The van der Waals surface area contributed by atoms with Gasteiger partial charge in [-0.05, 0) is 19.4 Å². The van der Waals surface area contributed by atoms with Crippen molar-refractivity contribution in [2.45, 2.75) is 33.3 Å². The summed E-state index contributed by atoms with van der Waals surface area (Å²) in [6, 6.07) is 15.8. The summed E-state index contributed by atoms with van der Waals surface area (Å²) in [6.07, 6.45) is 0.576. The second-order valence-corrected chi connectivity index (χ2v) is 6.02. The molecule has 0 amide bonds. The summed E-state index contributed by atoms with van der Waals surface area (Å²) >= 11 is 0. The van der Waals surface area contributed by atoms with Gasteiger partial charge in [-0.1, -0.05) is 64.8 Å². The van der Waals surface area contributed by atoms with Crippen molar-refractivity contribution in [3.05, 3.63) is 71.1 Å². The van der Waals surface area contributed by atoms with Crippen LogP contribution in [0.1, 0.15) is 29.0 Å². The molecule has 128 valence electrons. The van der Waals surface area contributed by atoms with Crippen molar-refractivity contribution in [2.24, 2.45) is 0 Å². The second kappa shape index (κ2) is 7.75. The fourth-order valence-corrected chi connectivity index (χ4v) is 2.31. The predicted octanol–water partition coefficient (Wildman–Crippen LogP) is 4.03. The Balaban J connectivity index is 1.49. The number of aromatic nitrogens is 2. The highest BCUT2D eigenvalue weighted by Crippen LogP contribution is 2.17. The van der Waals surface area contributed by atoms with Gasteiger partial charge in [0.1, 0.15) is 6.61 Å². The Morgan fingerprint density at radius 2 is 1.64 bits per heavy atom. The van der Waals surface area contributed by atoms with Crippen LogP contribution in [0, 0.1) is 13.8 Å². The third-order valence-corrected chi connectivity index (χ3v) is 3.84. The molecule has 0 aliphatic rings. The molecule has 0 N–H and O–H groups in total. The average molecular weight is 336 g/mol. The summed E-state index contributed by atoms with van der Waals surface area (Å²) in [7, 11) is 0. The average Bonchev–Trinajstić information content (AvgIpc) is 3.09. The SMILES string of the molecule is Cc1ccc(COC(=O)CCc2nc(-c3ccc(C)cc3)no2)cc1. The molecular weight excluding hydrogens is 316 g/mol. The Morgan fingerprint density at radius 1 is 1.00 bits per heavy atom. The van der Waals surface area contributed by atoms with Gasteiger partial charge < -0.3 is 9.26 Å². The third kappa shape index (κ3) is 4.76. The van der Waals surface area contributed by atoms with E-state index in [-0.39, 0.29) is 19.0 Å². The van der Waals surface area contributed by atoms with Crippen LogP contribution < -0.4 is 0 Å². The topological polar surface area (TPSA) is 65.2 Å². The molecule has 1 heterocycles. The highest BCUT2D eigenvalue weighted by Gasteiger charge is 2.11. The Morgan fingerprint density at radius 3 is 2.32 bits per heavy atom. The van der Waals surface area contributed by atoms with Crippen molar-refractivity contribution < 1.29 is 14.1 Å². The quantitative estimate of drug-likeness (QED) is 0.636. The van der Waals surface area contributed by atoms with E-state index in [2.05, 4.69) is 10.1 Å². The first kappa shape index (κ1) is 16.9. The predicted molar refractivity (Wildman–Crippen MR) is 93.8 cm³/mol. The molecule has 5 heteroatoms. The third-order valence-electron chi connectivity index (χ3n) is 3.84. The molecule has 0 fully saturated rings. The fourth-order valence-electron chi connectivity index (χ4n) is 2.31. The highest BCUT2D eigenvalue weighted by molar-refractivity contribution is 5.69. The Bertz CT molecular complexity index is 836. The van der Waals surface area contributed by atoms with Gasteiger partial charge in [0.2, 0.25) is 11.7 Å². The minimum Gasteiger partial charge on any atom is -0.461 e. The highest BCUT2D eigenvalue weighted by atomic mass is 16.5. The van der Waals surface area contributed by atoms with E-state index in [0.29, 0.717) is 18.1 Å². The number of hydrogen-bond acceptors (Lipinski definition) is 5. The minimum absolute atomic E-state index is 0.210. The van der Waals surface area contributed by atoms with E-state index in [4.69, 9.17) is 9.26 Å². The van der Waals surface area contributed by atoms with E-state index in [0.717, 1.165) is 11.1 Å². The zero-order valence-electron chi connectivity index (χ0n) is 14.4. The largest absolute Gasteiger partial charge is 0.461 e. The molecule has 1 aromatic heterocycles. The lowest BCUT2D eigenvalue weighted by Crippen LogP contribution is -2.06. The number of carbonyl (C=O) groups is 1. The first-order chi connectivity index (χ1) is 12.1. The molecule has 0 aliphatic heterocycles. The van der Waals surface area contributed by atoms with Crippen LogP contribution >= 0.6 is 0 Å². The first-order valence-electron chi connectivity index (χ1n) is 8.21. The molecule has 0 unspecified atom stereocenters. The zero-order chi connectivity index (χ0) is 17.6. The van der Waals surface area contributed by atoms with Crippen LogP contribution in [0.3, 0.4) is 0 Å². The maximum absolute atomic E-state index is 11.9. The monoisotopic (exact) mass is 336 g/mol. The van der Waals surface area contributed by atoms with Crippen LogP contribution in [0.15, 0.2) is 53.1 Å². The van der Waals surface area contributed by atoms with Crippen molar-refractivity contribution in [1.29, 1.82) is 0 Å². The van der Waals surface area contributed by atoms with Gasteiger partial charge in [-0.25, -0.2) is 0 Å². The van der Waals surface area contributed by atoms with E-state index in [1.54, 1.807) is 0 Å². The lowest BCUT2D eigenvalue weighted by molar-refractivity contribution is -0.145. The summed E-state index contributed by atoms with van der Waals surface area (Å²) < 4.78 is 10.5. The molecule has 0 saturated heterocycles. The van der Waals surface area contributed by atoms with Gasteiger partial charge in [-0.2, -0.15) is 4.98 Å². The van der Waals surface area contributed by atoms with Gasteiger partial charge in [0.15, 0.2) is 0 Å². The molecule has 3 aromatic rings. The number of aryl methyl sites for hydroxylation is 3. The molecule has 0 spiro atoms. The Hall–Kier alpha value is -2.95. The first-order valence-corrected chi connectivity index (χ1v) is 8.21. The maximum atomic E-state index is 11.9. The van der Waals surface area contributed by atoms with Crippen molar-refractivity contribution in [2.75, 3.05) is 0 Å². The molecule has 5 nitrogen and oxygen atoms in total. The van der Waals surface area contributed by atoms with Crippen LogP contribution in [0.5, 0.6) is 0 Å². The molecule has 3 rings (SSSR count). The molecule has 0 bridgehead atoms. The van der Waals surface area contributed by atoms with Gasteiger partial charge in [0.25, 0.3) is 0 Å². The molecule has 25 heavy (non-hydrogen) atoms. The van der Waals surface area contributed by atoms with Crippen LogP contribution in [0.2, 0.25) is 0 Å². The van der Waals surface area contributed by atoms with Crippen LogP contribution in [0.25, 0.3) is 11.4 Å². The van der Waals surface area contributed by atoms with E-state index >= 15 is 0 Å². The van der Waals surface area contributed by atoms with Gasteiger partial charge in [-0.3, -0.25) is 4.79 Å². The standard InChI is InChI=1S/C20H20N2O3/c1-14-3-7-16(8-4-14)13-24-19(23)12-11-18-21-20(22-25-18)17-9-5-15(2)6-10-17/h3-10H,11-13H2,1-2H3. The lowest BCUT2D eigenvalue weighted by atomic mass is 10.1. The fraction of sp³-hybridized carbons (Fsp3) is 0.250. The molecule has 2 aromatic carbocycles. The number of ether oxygens (including phenoxy) is 1. The summed E-state index contributed by atoms with van der Waals surface area (Å²) in [5.41, 5.74) is 4.21. The van der Waals surface area contributed by atoms with Crippen molar-refractivity contribution in [3.8, 4) is 11.4 Å². The number of rotatable bonds is 6. The normalized spacial score (nSPS) is 10.6. The van der Waals surface area contributed by atoms with E-state index < -0.39 is 0 Å². The van der Waals surface area contributed by atoms with Gasteiger partial charge in [0, 0.05) is 12.0 Å². The number of hydrogen-bond donors (Lipinski definition) is 0. The summed E-state index contributed by atoms with van der Waals surface area (Å²) in [5.74, 6) is 0.682. The van der Waals surface area contributed by atoms with Crippen LogP contribution in [-0.2, 0) is 22.6 Å². The zero-order valence-corrected chi connectivity index (χ0v) is 14.4. The summed E-state index contributed by atoms with van der Waals surface area (Å²) in [6.45, 7) is 4.32. The summed E-state index contributed by atoms with van der Waals surface area (Å²) in [4.78, 5) is 16.2. The van der Waals surface area contributed by atoms with Crippen LogP contribution in [0.4, 0.5) is 0 Å². The molecular formula is C20H20N2O3. The maximum Gasteiger partial charge on any atom is 0.306 e. The van der Waals surface area contributed by atoms with Gasteiger partial charge >= 0.3 is 5.97 Å². The van der Waals surface area contributed by atoms with Gasteiger partial charge in [0.05, 0.1) is 6.42 Å².